The van der Waals surface area contributed by atoms with Crippen molar-refractivity contribution in [2.75, 3.05) is 39.8 Å². The molecule has 1 heterocycles. The van der Waals surface area contributed by atoms with Crippen LogP contribution < -0.4 is 5.32 Å². The van der Waals surface area contributed by atoms with E-state index in [1.165, 1.54) is 25.9 Å². The van der Waals surface area contributed by atoms with Gasteiger partial charge in [-0.1, -0.05) is 0 Å². The Morgan fingerprint density at radius 2 is 2.42 bits per heavy atom. The van der Waals surface area contributed by atoms with Crippen LogP contribution in [0.4, 0.5) is 0 Å². The number of likely N-dealkylation sites (tertiary alicyclic amines) is 1. The van der Waals surface area contributed by atoms with E-state index in [0.29, 0.717) is 12.5 Å². The molecule has 1 rings (SSSR count). The van der Waals surface area contributed by atoms with Gasteiger partial charge in [0.15, 0.2) is 0 Å². The first-order valence-corrected chi connectivity index (χ1v) is 4.84. The molecule has 3 nitrogen and oxygen atoms in total. The first-order chi connectivity index (χ1) is 5.86. The number of rotatable bonds is 5. The summed E-state index contributed by atoms with van der Waals surface area (Å²) < 4.78 is 0. The highest BCUT2D eigenvalue weighted by atomic mass is 16.3. The number of aliphatic hydroxyl groups is 1. The molecular weight excluding hydrogens is 152 g/mol. The van der Waals surface area contributed by atoms with Gasteiger partial charge in [-0.05, 0) is 45.4 Å². The maximum atomic E-state index is 8.92. The van der Waals surface area contributed by atoms with E-state index in [4.69, 9.17) is 5.11 Å². The number of aliphatic hydroxyl groups excluding tert-OH is 1. The summed E-state index contributed by atoms with van der Waals surface area (Å²) in [5.41, 5.74) is 0. The summed E-state index contributed by atoms with van der Waals surface area (Å²) in [7, 11) is 1.99. The molecule has 0 aromatic rings. The Kier molecular flexibility index (Phi) is 4.58. The van der Waals surface area contributed by atoms with Crippen molar-refractivity contribution in [3.63, 3.8) is 0 Å². The molecule has 0 radical (unpaired) electrons. The molecule has 12 heavy (non-hydrogen) atoms. The van der Waals surface area contributed by atoms with Gasteiger partial charge in [0.25, 0.3) is 0 Å². The number of hydrogen-bond donors (Lipinski definition) is 2. The molecule has 1 saturated heterocycles. The molecule has 3 heteroatoms. The molecule has 0 bridgehead atoms. The van der Waals surface area contributed by atoms with Gasteiger partial charge in [0.05, 0.1) is 0 Å². The van der Waals surface area contributed by atoms with Gasteiger partial charge in [-0.15, -0.1) is 0 Å². The van der Waals surface area contributed by atoms with Crippen molar-refractivity contribution < 1.29 is 5.11 Å². The number of nitrogens with zero attached hydrogens (tertiary/aromatic N) is 1. The Bertz CT molecular complexity index is 119. The van der Waals surface area contributed by atoms with Crippen LogP contribution in [0.3, 0.4) is 0 Å². The van der Waals surface area contributed by atoms with Crippen molar-refractivity contribution in [1.29, 1.82) is 0 Å². The molecule has 72 valence electrons. The first-order valence-electron chi connectivity index (χ1n) is 4.84. The lowest BCUT2D eigenvalue weighted by atomic mass is 10.1. The lowest BCUT2D eigenvalue weighted by Crippen LogP contribution is -2.25. The Balaban J connectivity index is 2.03. The Morgan fingerprint density at radius 1 is 1.58 bits per heavy atom. The van der Waals surface area contributed by atoms with Crippen LogP contribution in [0.2, 0.25) is 0 Å². The molecule has 1 atom stereocenters. The second-order valence-electron chi connectivity index (χ2n) is 3.59. The van der Waals surface area contributed by atoms with Gasteiger partial charge in [0.2, 0.25) is 0 Å². The molecular formula is C9H20N2O. The highest BCUT2D eigenvalue weighted by molar-refractivity contribution is 4.74. The summed E-state index contributed by atoms with van der Waals surface area (Å²) in [6, 6.07) is 0. The molecule has 1 fully saturated rings. The zero-order valence-electron chi connectivity index (χ0n) is 7.92. The zero-order chi connectivity index (χ0) is 8.81. The first kappa shape index (κ1) is 9.96. The second kappa shape index (κ2) is 5.51. The highest BCUT2D eigenvalue weighted by Crippen LogP contribution is 2.14. The molecule has 0 amide bonds. The van der Waals surface area contributed by atoms with Crippen LogP contribution in [0, 0.1) is 5.92 Å². The third-order valence-corrected chi connectivity index (χ3v) is 2.53. The second-order valence-corrected chi connectivity index (χ2v) is 3.59. The average molecular weight is 172 g/mol. The minimum absolute atomic E-state index is 0.364. The Morgan fingerprint density at radius 3 is 3.00 bits per heavy atom. The fourth-order valence-electron chi connectivity index (χ4n) is 1.74. The molecule has 1 aliphatic rings. The number of nitrogens with one attached hydrogen (secondary N) is 1. The third kappa shape index (κ3) is 3.09. The summed E-state index contributed by atoms with van der Waals surface area (Å²) in [4.78, 5) is 2.44. The van der Waals surface area contributed by atoms with Gasteiger partial charge in [0.1, 0.15) is 0 Å². The van der Waals surface area contributed by atoms with E-state index in [9.17, 15) is 0 Å². The number of hydrogen-bond acceptors (Lipinski definition) is 3. The van der Waals surface area contributed by atoms with E-state index in [1.807, 2.05) is 7.05 Å². The van der Waals surface area contributed by atoms with Crippen molar-refractivity contribution in [3.8, 4) is 0 Å². The largest absolute Gasteiger partial charge is 0.396 e. The van der Waals surface area contributed by atoms with Gasteiger partial charge >= 0.3 is 0 Å². The third-order valence-electron chi connectivity index (χ3n) is 2.53. The zero-order valence-corrected chi connectivity index (χ0v) is 7.92. The lowest BCUT2D eigenvalue weighted by molar-refractivity contribution is 0.221. The van der Waals surface area contributed by atoms with Crippen LogP contribution >= 0.6 is 0 Å². The molecule has 1 aliphatic heterocycles. The van der Waals surface area contributed by atoms with Crippen molar-refractivity contribution in [3.05, 3.63) is 0 Å². The van der Waals surface area contributed by atoms with Crippen molar-refractivity contribution in [2.45, 2.75) is 12.8 Å². The van der Waals surface area contributed by atoms with E-state index < -0.39 is 0 Å². The summed E-state index contributed by atoms with van der Waals surface area (Å²) in [5, 5.41) is 12.1. The fourth-order valence-corrected chi connectivity index (χ4v) is 1.74. The van der Waals surface area contributed by atoms with E-state index in [2.05, 4.69) is 10.2 Å². The smallest absolute Gasteiger partial charge is 0.0471 e. The van der Waals surface area contributed by atoms with Gasteiger partial charge in [-0.25, -0.2) is 0 Å². The van der Waals surface area contributed by atoms with E-state index >= 15 is 0 Å². The van der Waals surface area contributed by atoms with Gasteiger partial charge in [-0.3, -0.25) is 0 Å². The highest BCUT2D eigenvalue weighted by Gasteiger charge is 2.20. The molecule has 0 aromatic carbocycles. The molecule has 0 saturated carbocycles. The van der Waals surface area contributed by atoms with Crippen LogP contribution in [0.5, 0.6) is 0 Å². The van der Waals surface area contributed by atoms with Crippen molar-refractivity contribution in [1.82, 2.24) is 10.2 Å². The summed E-state index contributed by atoms with van der Waals surface area (Å²) in [6.07, 6.45) is 2.39. The Hall–Kier alpha value is -0.120. The normalized spacial score (nSPS) is 25.0. The quantitative estimate of drug-likeness (QED) is 0.569. The lowest BCUT2D eigenvalue weighted by Gasteiger charge is -2.14. The van der Waals surface area contributed by atoms with Crippen molar-refractivity contribution in [2.24, 2.45) is 5.92 Å². The van der Waals surface area contributed by atoms with Crippen molar-refractivity contribution >= 4 is 0 Å². The maximum absolute atomic E-state index is 8.92. The molecule has 1 unspecified atom stereocenters. The van der Waals surface area contributed by atoms with Crippen LogP contribution in [0.25, 0.3) is 0 Å². The minimum Gasteiger partial charge on any atom is -0.396 e. The maximum Gasteiger partial charge on any atom is 0.0471 e. The Labute approximate surface area is 74.8 Å². The van der Waals surface area contributed by atoms with Crippen LogP contribution in [0.1, 0.15) is 12.8 Å². The summed E-state index contributed by atoms with van der Waals surface area (Å²) in [5.74, 6) is 0.541. The van der Waals surface area contributed by atoms with E-state index in [-0.39, 0.29) is 0 Å². The predicted octanol–water partition coefficient (Wildman–Crippen LogP) is -0.0899. The van der Waals surface area contributed by atoms with Gasteiger partial charge in [0, 0.05) is 13.2 Å². The fraction of sp³-hybridized carbons (Fsp3) is 1.00. The van der Waals surface area contributed by atoms with Gasteiger partial charge < -0.3 is 15.3 Å². The summed E-state index contributed by atoms with van der Waals surface area (Å²) >= 11 is 0. The monoisotopic (exact) mass is 172 g/mol. The van der Waals surface area contributed by atoms with Crippen LogP contribution in [-0.4, -0.2) is 49.8 Å². The molecule has 0 aliphatic carbocycles. The minimum atomic E-state index is 0.364. The van der Waals surface area contributed by atoms with E-state index in [0.717, 1.165) is 13.1 Å². The molecule has 0 aromatic heterocycles. The predicted molar refractivity (Wildman–Crippen MR) is 50.2 cm³/mol. The van der Waals surface area contributed by atoms with Crippen LogP contribution in [0.15, 0.2) is 0 Å². The summed E-state index contributed by atoms with van der Waals surface area (Å²) in [6.45, 7) is 4.91. The van der Waals surface area contributed by atoms with Crippen LogP contribution in [-0.2, 0) is 0 Å². The van der Waals surface area contributed by atoms with E-state index in [1.54, 1.807) is 0 Å². The standard InChI is InChI=1S/C9H20N2O/c1-10-4-2-5-11-6-3-9(7-11)8-12/h9-10,12H,2-8H2,1H3. The average Bonchev–Trinajstić information content (AvgIpc) is 2.53. The SMILES string of the molecule is CNCCCN1CCC(CO)C1. The molecule has 2 N–H and O–H groups in total. The van der Waals surface area contributed by atoms with Gasteiger partial charge in [-0.2, -0.15) is 0 Å². The topological polar surface area (TPSA) is 35.5 Å². The molecule has 0 spiro atoms.